The molecule has 9 nitrogen and oxygen atoms in total. The van der Waals surface area contributed by atoms with Gasteiger partial charge in [-0.2, -0.15) is 9.29 Å². The van der Waals surface area contributed by atoms with Crippen LogP contribution in [0.2, 0.25) is 0 Å². The van der Waals surface area contributed by atoms with E-state index in [9.17, 15) is 13.2 Å². The minimum Gasteiger partial charge on any atom is -0.312 e. The van der Waals surface area contributed by atoms with Crippen molar-refractivity contribution < 1.29 is 13.2 Å². The molecule has 0 radical (unpaired) electrons. The molecule has 170 valence electrons. The number of aromatic nitrogens is 4. The summed E-state index contributed by atoms with van der Waals surface area (Å²) in [5.41, 5.74) is 3.38. The van der Waals surface area contributed by atoms with Crippen LogP contribution in [0.15, 0.2) is 29.2 Å². The Kier molecular flexibility index (Phi) is 6.00. The van der Waals surface area contributed by atoms with Gasteiger partial charge in [0, 0.05) is 36.7 Å². The number of fused-ring (bicyclic) bond motifs is 2. The predicted octanol–water partition coefficient (Wildman–Crippen LogP) is 2.29. The van der Waals surface area contributed by atoms with Crippen LogP contribution in [0.4, 0.5) is 5.69 Å². The summed E-state index contributed by atoms with van der Waals surface area (Å²) in [7, 11) is -3.54. The summed E-state index contributed by atoms with van der Waals surface area (Å²) in [5.74, 6) is 0.787. The zero-order valence-corrected chi connectivity index (χ0v) is 19.7. The van der Waals surface area contributed by atoms with Crippen molar-refractivity contribution in [3.63, 3.8) is 0 Å². The second-order valence-corrected chi connectivity index (χ2v) is 9.92. The molecule has 3 heterocycles. The molecule has 0 atom stereocenters. The number of rotatable bonds is 6. The topological polar surface area (TPSA) is 101 Å². The highest BCUT2D eigenvalue weighted by atomic mass is 32.2. The van der Waals surface area contributed by atoms with Gasteiger partial charge in [-0.05, 0) is 56.5 Å². The van der Waals surface area contributed by atoms with Crippen LogP contribution in [0.1, 0.15) is 43.0 Å². The van der Waals surface area contributed by atoms with Gasteiger partial charge in [0.25, 0.3) is 5.78 Å². The number of nitrogens with zero attached hydrogens (tertiary/aromatic N) is 6. The molecule has 1 aliphatic rings. The van der Waals surface area contributed by atoms with E-state index < -0.39 is 10.0 Å². The molecule has 1 amide bonds. The average molecular weight is 457 g/mol. The Morgan fingerprint density at radius 2 is 1.88 bits per heavy atom. The lowest BCUT2D eigenvalue weighted by Crippen LogP contribution is -2.37. The van der Waals surface area contributed by atoms with Gasteiger partial charge >= 0.3 is 0 Å². The van der Waals surface area contributed by atoms with Crippen molar-refractivity contribution in [1.82, 2.24) is 23.9 Å². The maximum absolute atomic E-state index is 13.1. The van der Waals surface area contributed by atoms with E-state index in [4.69, 9.17) is 0 Å². The molecule has 2 aromatic heterocycles. The summed E-state index contributed by atoms with van der Waals surface area (Å²) >= 11 is 0. The lowest BCUT2D eigenvalue weighted by Gasteiger charge is -2.30. The van der Waals surface area contributed by atoms with Gasteiger partial charge in [-0.3, -0.25) is 4.79 Å². The summed E-state index contributed by atoms with van der Waals surface area (Å²) in [4.78, 5) is 23.9. The molecule has 0 aliphatic carbocycles. The normalized spacial score (nSPS) is 14.2. The van der Waals surface area contributed by atoms with E-state index in [0.717, 1.165) is 35.5 Å². The fourth-order valence-corrected chi connectivity index (χ4v) is 5.73. The minimum atomic E-state index is -3.54. The first-order chi connectivity index (χ1) is 15.2. The van der Waals surface area contributed by atoms with Crippen LogP contribution in [0, 0.1) is 13.8 Å². The Bertz CT molecular complexity index is 1280. The van der Waals surface area contributed by atoms with E-state index in [1.807, 2.05) is 33.8 Å². The Hall–Kier alpha value is -2.85. The van der Waals surface area contributed by atoms with Crippen LogP contribution in [-0.2, 0) is 27.7 Å². The van der Waals surface area contributed by atoms with Gasteiger partial charge in [-0.25, -0.2) is 17.9 Å². The number of hydrogen-bond acceptors (Lipinski definition) is 6. The van der Waals surface area contributed by atoms with Crippen LogP contribution in [0.3, 0.4) is 0 Å². The number of carbonyl (C=O) groups excluding carboxylic acids is 1. The maximum Gasteiger partial charge on any atom is 0.252 e. The number of aryl methyl sites for hydroxylation is 3. The van der Waals surface area contributed by atoms with Crippen LogP contribution < -0.4 is 4.90 Å². The molecule has 3 aromatic rings. The Balaban J connectivity index is 1.60. The summed E-state index contributed by atoms with van der Waals surface area (Å²) in [6, 6.07) is 6.96. The van der Waals surface area contributed by atoms with Crippen molar-refractivity contribution in [3.8, 4) is 0 Å². The maximum atomic E-state index is 13.1. The van der Waals surface area contributed by atoms with Gasteiger partial charge in [-0.15, -0.1) is 5.10 Å². The van der Waals surface area contributed by atoms with E-state index in [0.29, 0.717) is 31.2 Å². The first-order valence-corrected chi connectivity index (χ1v) is 12.3. The summed E-state index contributed by atoms with van der Waals surface area (Å²) in [5, 5.41) is 4.44. The molecule has 1 aromatic carbocycles. The fraction of sp³-hybridized carbons (Fsp3) is 0.455. The molecular weight excluding hydrogens is 428 g/mol. The number of benzene rings is 1. The van der Waals surface area contributed by atoms with E-state index in [1.54, 1.807) is 27.6 Å². The Morgan fingerprint density at radius 1 is 1.12 bits per heavy atom. The average Bonchev–Trinajstić information content (AvgIpc) is 3.16. The van der Waals surface area contributed by atoms with Crippen molar-refractivity contribution in [1.29, 1.82) is 0 Å². The van der Waals surface area contributed by atoms with E-state index in [2.05, 4.69) is 15.1 Å². The van der Waals surface area contributed by atoms with E-state index in [1.165, 1.54) is 4.31 Å². The molecule has 0 fully saturated rings. The third-order valence-electron chi connectivity index (χ3n) is 5.79. The monoisotopic (exact) mass is 456 g/mol. The number of hydrogen-bond donors (Lipinski definition) is 0. The Morgan fingerprint density at radius 3 is 2.59 bits per heavy atom. The number of sulfonamides is 1. The molecule has 0 bridgehead atoms. The lowest BCUT2D eigenvalue weighted by atomic mass is 10.0. The summed E-state index contributed by atoms with van der Waals surface area (Å²) in [6.07, 6.45) is 1.56. The number of amides is 1. The number of anilines is 1. The van der Waals surface area contributed by atoms with Crippen molar-refractivity contribution in [2.24, 2.45) is 0 Å². The predicted molar refractivity (Wildman–Crippen MR) is 121 cm³/mol. The highest BCUT2D eigenvalue weighted by Gasteiger charge is 2.27. The molecule has 10 heteroatoms. The summed E-state index contributed by atoms with van der Waals surface area (Å²) < 4.78 is 28.9. The third-order valence-corrected chi connectivity index (χ3v) is 7.83. The first kappa shape index (κ1) is 22.3. The molecule has 32 heavy (non-hydrogen) atoms. The van der Waals surface area contributed by atoms with Crippen molar-refractivity contribution in [3.05, 3.63) is 47.0 Å². The SMILES string of the molecule is CCN(CC)S(=O)(=O)c1ccc2c(c1)CCCN2C(=O)Cc1nc2nc(C)cc(C)n2n1. The molecular formula is C22H28N6O3S. The lowest BCUT2D eigenvalue weighted by molar-refractivity contribution is -0.118. The van der Waals surface area contributed by atoms with Crippen LogP contribution in [0.25, 0.3) is 5.78 Å². The van der Waals surface area contributed by atoms with Gasteiger partial charge < -0.3 is 4.90 Å². The largest absolute Gasteiger partial charge is 0.312 e. The van der Waals surface area contributed by atoms with Gasteiger partial charge in [0.05, 0.1) is 11.3 Å². The standard InChI is InChI=1S/C22H28N6O3S/c1-5-26(6-2)32(30,31)18-9-10-19-17(13-18)8-7-11-27(19)21(29)14-20-24-22-23-15(3)12-16(4)28(22)25-20/h9-10,12-13H,5-8,11,14H2,1-4H3. The van der Waals surface area contributed by atoms with Gasteiger partial charge in [0.1, 0.15) is 0 Å². The minimum absolute atomic E-state index is 0.0563. The fourth-order valence-electron chi connectivity index (χ4n) is 4.22. The van der Waals surface area contributed by atoms with Gasteiger partial charge in [0.15, 0.2) is 5.82 Å². The zero-order valence-electron chi connectivity index (χ0n) is 18.9. The van der Waals surface area contributed by atoms with Crippen molar-refractivity contribution in [2.75, 3.05) is 24.5 Å². The van der Waals surface area contributed by atoms with Crippen molar-refractivity contribution >= 4 is 27.4 Å². The first-order valence-electron chi connectivity index (χ1n) is 10.9. The molecule has 4 rings (SSSR count). The van der Waals surface area contributed by atoms with Crippen molar-refractivity contribution in [2.45, 2.75) is 51.9 Å². The van der Waals surface area contributed by atoms with Crippen LogP contribution in [0.5, 0.6) is 0 Å². The highest BCUT2D eigenvalue weighted by molar-refractivity contribution is 7.89. The molecule has 0 N–H and O–H groups in total. The van der Waals surface area contributed by atoms with E-state index >= 15 is 0 Å². The smallest absolute Gasteiger partial charge is 0.252 e. The van der Waals surface area contributed by atoms with Crippen LogP contribution in [-0.4, -0.2) is 57.8 Å². The molecule has 0 saturated carbocycles. The zero-order chi connectivity index (χ0) is 23.0. The molecule has 0 saturated heterocycles. The highest BCUT2D eigenvalue weighted by Crippen LogP contribution is 2.31. The molecule has 0 unspecified atom stereocenters. The molecule has 0 spiro atoms. The van der Waals surface area contributed by atoms with Gasteiger partial charge in [0.2, 0.25) is 15.9 Å². The van der Waals surface area contributed by atoms with E-state index in [-0.39, 0.29) is 17.2 Å². The Labute approximate surface area is 188 Å². The van der Waals surface area contributed by atoms with Crippen LogP contribution >= 0.6 is 0 Å². The molecule has 1 aliphatic heterocycles. The van der Waals surface area contributed by atoms with Gasteiger partial charge in [-0.1, -0.05) is 13.8 Å². The summed E-state index contributed by atoms with van der Waals surface area (Å²) in [6.45, 7) is 8.88. The number of carbonyl (C=O) groups is 1. The second-order valence-electron chi connectivity index (χ2n) is 7.98. The second kappa shape index (κ2) is 8.59. The third kappa shape index (κ3) is 4.00. The quantitative estimate of drug-likeness (QED) is 0.564.